The lowest BCUT2D eigenvalue weighted by Gasteiger charge is -2.30. The van der Waals surface area contributed by atoms with Gasteiger partial charge in [-0.05, 0) is 56.0 Å². The Morgan fingerprint density at radius 1 is 1.07 bits per heavy atom. The quantitative estimate of drug-likeness (QED) is 0.200. The number of nitrogens with zero attached hydrogens (tertiary/aromatic N) is 3. The number of nitrogens with one attached hydrogen (secondary N) is 2. The molecular weight excluding hydrogens is 574 g/mol. The highest BCUT2D eigenvalue weighted by molar-refractivity contribution is 7.89. The average Bonchev–Trinajstić information content (AvgIpc) is 3.65. The van der Waals surface area contributed by atoms with Gasteiger partial charge in [0.15, 0.2) is 5.13 Å². The van der Waals surface area contributed by atoms with Crippen molar-refractivity contribution in [2.24, 2.45) is 5.92 Å². The number of sulfonamides is 1. The van der Waals surface area contributed by atoms with Crippen LogP contribution in [0.2, 0.25) is 0 Å². The molecule has 1 aromatic heterocycles. The second-order valence-electron chi connectivity index (χ2n) is 11.1. The first-order chi connectivity index (χ1) is 20.1. The lowest BCUT2D eigenvalue weighted by molar-refractivity contribution is 0.0980. The minimum absolute atomic E-state index is 0.0161. The maximum absolute atomic E-state index is 13.7. The van der Waals surface area contributed by atoms with E-state index < -0.39 is 28.3 Å². The van der Waals surface area contributed by atoms with Gasteiger partial charge in [-0.15, -0.1) is 11.3 Å². The number of rotatable bonds is 15. The van der Waals surface area contributed by atoms with Crippen LogP contribution in [0.1, 0.15) is 32.3 Å². The highest BCUT2D eigenvalue weighted by Gasteiger charge is 2.31. The fraction of sp³-hybridized carbons (Fsp3) is 0.467. The number of hydrogen-bond donors (Lipinski definition) is 4. The van der Waals surface area contributed by atoms with E-state index >= 15 is 0 Å². The van der Waals surface area contributed by atoms with Crippen LogP contribution in [0.25, 0.3) is 11.3 Å². The monoisotopic (exact) mass is 615 g/mol. The molecule has 228 valence electrons. The second-order valence-corrected chi connectivity index (χ2v) is 13.9. The van der Waals surface area contributed by atoms with E-state index in [2.05, 4.69) is 20.5 Å². The normalized spacial score (nSPS) is 15.6. The summed E-state index contributed by atoms with van der Waals surface area (Å²) >= 11 is 1.52. The van der Waals surface area contributed by atoms with Crippen molar-refractivity contribution < 1.29 is 23.4 Å². The van der Waals surface area contributed by atoms with Crippen molar-refractivity contribution in [2.45, 2.75) is 50.2 Å². The lowest BCUT2D eigenvalue weighted by atomic mass is 10.0. The van der Waals surface area contributed by atoms with Gasteiger partial charge in [0.05, 0.1) is 22.7 Å². The molecule has 1 aliphatic rings. The summed E-state index contributed by atoms with van der Waals surface area (Å²) in [5.41, 5.74) is 2.41. The van der Waals surface area contributed by atoms with Gasteiger partial charge in [0.25, 0.3) is 0 Å². The van der Waals surface area contributed by atoms with Gasteiger partial charge in [-0.2, -0.15) is 4.31 Å². The summed E-state index contributed by atoms with van der Waals surface area (Å²) in [5, 5.41) is 29.0. The molecule has 2 atom stereocenters. The van der Waals surface area contributed by atoms with Gasteiger partial charge in [0.1, 0.15) is 0 Å². The molecule has 0 saturated carbocycles. The summed E-state index contributed by atoms with van der Waals surface area (Å²) in [5.74, 6) is -0.0161. The molecule has 10 nitrogen and oxygen atoms in total. The number of benzene rings is 2. The molecule has 0 spiro atoms. The standard InChI is InChI=1S/C30H41N5O5S2/c1-22(2)19-35(20-28(36)26(33-30(37)38)18-23-8-4-3-5-9-23)42(39,40)25-12-10-24(11-13-25)27-21-41-29(32-27)31-14-17-34-15-6-7-16-34/h3-5,8-13,21-22,26,28,33,36H,6-7,14-20H2,1-2H3,(H,31,32)(H,37,38)/t26-,28-/m0/s1. The van der Waals surface area contributed by atoms with Crippen LogP contribution in [0.15, 0.2) is 64.9 Å². The molecule has 4 N–H and O–H groups in total. The Balaban J connectivity index is 1.44. The maximum Gasteiger partial charge on any atom is 0.404 e. The number of likely N-dealkylation sites (tertiary alicyclic amines) is 1. The van der Waals surface area contributed by atoms with E-state index in [9.17, 15) is 23.4 Å². The summed E-state index contributed by atoms with van der Waals surface area (Å²) in [6.45, 7) is 7.84. The second kappa shape index (κ2) is 14.9. The van der Waals surface area contributed by atoms with Gasteiger partial charge in [-0.25, -0.2) is 18.2 Å². The van der Waals surface area contributed by atoms with Crippen LogP contribution in [-0.2, 0) is 16.4 Å². The Morgan fingerprint density at radius 2 is 1.76 bits per heavy atom. The molecule has 0 radical (unpaired) electrons. The third-order valence-corrected chi connectivity index (χ3v) is 9.87. The van der Waals surface area contributed by atoms with Crippen LogP contribution in [0, 0.1) is 5.92 Å². The number of aliphatic hydroxyl groups excluding tert-OH is 1. The van der Waals surface area contributed by atoms with Gasteiger partial charge >= 0.3 is 6.09 Å². The largest absolute Gasteiger partial charge is 0.465 e. The van der Waals surface area contributed by atoms with Gasteiger partial charge in [-0.1, -0.05) is 56.3 Å². The molecule has 12 heteroatoms. The van der Waals surface area contributed by atoms with E-state index in [-0.39, 0.29) is 30.3 Å². The number of amides is 1. The Hall–Kier alpha value is -3.03. The zero-order valence-corrected chi connectivity index (χ0v) is 25.8. The summed E-state index contributed by atoms with van der Waals surface area (Å²) in [7, 11) is -3.98. The third kappa shape index (κ3) is 8.98. The molecular formula is C30H41N5O5S2. The number of thiazole rings is 1. The maximum atomic E-state index is 13.7. The van der Waals surface area contributed by atoms with Gasteiger partial charge in [0.2, 0.25) is 10.0 Å². The van der Waals surface area contributed by atoms with Crippen molar-refractivity contribution in [3.8, 4) is 11.3 Å². The number of carbonyl (C=O) groups is 1. The molecule has 3 aromatic rings. The van der Waals surface area contributed by atoms with E-state index in [4.69, 9.17) is 0 Å². The van der Waals surface area contributed by atoms with Crippen LogP contribution in [0.3, 0.4) is 0 Å². The zero-order valence-electron chi connectivity index (χ0n) is 24.1. The molecule has 0 unspecified atom stereocenters. The van der Waals surface area contributed by atoms with Crippen LogP contribution in [0.4, 0.5) is 9.93 Å². The van der Waals surface area contributed by atoms with Crippen LogP contribution in [-0.4, -0.2) is 90.3 Å². The Morgan fingerprint density at radius 3 is 2.40 bits per heavy atom. The van der Waals surface area contributed by atoms with E-state index in [1.54, 1.807) is 24.3 Å². The first kappa shape index (κ1) is 31.9. The summed E-state index contributed by atoms with van der Waals surface area (Å²) < 4.78 is 28.7. The van der Waals surface area contributed by atoms with Crippen LogP contribution < -0.4 is 10.6 Å². The Labute approximate surface area is 252 Å². The Kier molecular flexibility index (Phi) is 11.3. The molecule has 0 bridgehead atoms. The predicted molar refractivity (Wildman–Crippen MR) is 166 cm³/mol. The predicted octanol–water partition coefficient (Wildman–Crippen LogP) is 4.20. The summed E-state index contributed by atoms with van der Waals surface area (Å²) in [6, 6.07) is 14.9. The third-order valence-electron chi connectivity index (χ3n) is 7.23. The van der Waals surface area contributed by atoms with Crippen molar-refractivity contribution in [1.82, 2.24) is 19.5 Å². The SMILES string of the molecule is CC(C)CN(C[C@H](O)[C@H](Cc1ccccc1)NC(=O)O)S(=O)(=O)c1ccc(-c2csc(NCCN3CCCC3)n2)cc1. The molecule has 2 heterocycles. The minimum Gasteiger partial charge on any atom is -0.465 e. The fourth-order valence-electron chi connectivity index (χ4n) is 5.09. The van der Waals surface area contributed by atoms with Crippen LogP contribution in [0.5, 0.6) is 0 Å². The summed E-state index contributed by atoms with van der Waals surface area (Å²) in [6.07, 6.45) is 0.206. The topological polar surface area (TPSA) is 135 Å². The minimum atomic E-state index is -3.98. The highest BCUT2D eigenvalue weighted by atomic mass is 32.2. The number of hydrogen-bond acceptors (Lipinski definition) is 8. The smallest absolute Gasteiger partial charge is 0.404 e. The van der Waals surface area contributed by atoms with Crippen molar-refractivity contribution in [2.75, 3.05) is 44.6 Å². The molecule has 2 aromatic carbocycles. The average molecular weight is 616 g/mol. The fourth-order valence-corrected chi connectivity index (χ4v) is 7.46. The molecule has 42 heavy (non-hydrogen) atoms. The van der Waals surface area contributed by atoms with E-state index in [0.717, 1.165) is 48.1 Å². The number of carboxylic acid groups (broad SMARTS) is 1. The zero-order chi connectivity index (χ0) is 30.1. The molecule has 1 fully saturated rings. The van der Waals surface area contributed by atoms with Gasteiger partial charge < -0.3 is 25.7 Å². The van der Waals surface area contributed by atoms with Crippen molar-refractivity contribution in [3.63, 3.8) is 0 Å². The van der Waals surface area contributed by atoms with E-state index in [1.807, 2.05) is 49.6 Å². The van der Waals surface area contributed by atoms with Gasteiger partial charge in [0, 0.05) is 37.1 Å². The molecule has 1 aliphatic heterocycles. The molecule has 0 aliphatic carbocycles. The van der Waals surface area contributed by atoms with Crippen LogP contribution >= 0.6 is 11.3 Å². The number of aromatic nitrogens is 1. The first-order valence-corrected chi connectivity index (χ1v) is 16.7. The van der Waals surface area contributed by atoms with Crippen molar-refractivity contribution in [3.05, 3.63) is 65.5 Å². The number of aliphatic hydroxyl groups is 1. The van der Waals surface area contributed by atoms with E-state index in [0.29, 0.717) is 0 Å². The van der Waals surface area contributed by atoms with E-state index in [1.165, 1.54) is 28.5 Å². The molecule has 4 rings (SSSR count). The Bertz CT molecular complexity index is 1380. The number of anilines is 1. The molecule has 1 saturated heterocycles. The lowest BCUT2D eigenvalue weighted by Crippen LogP contribution is -2.50. The van der Waals surface area contributed by atoms with Crippen molar-refractivity contribution in [1.29, 1.82) is 0 Å². The van der Waals surface area contributed by atoms with Gasteiger partial charge in [-0.3, -0.25) is 0 Å². The van der Waals surface area contributed by atoms with Crippen molar-refractivity contribution >= 4 is 32.6 Å². The first-order valence-electron chi connectivity index (χ1n) is 14.4. The summed E-state index contributed by atoms with van der Waals surface area (Å²) in [4.78, 5) is 18.7. The molecule has 1 amide bonds. The highest BCUT2D eigenvalue weighted by Crippen LogP contribution is 2.27.